The normalized spacial score (nSPS) is 27.0. The van der Waals surface area contributed by atoms with Crippen LogP contribution in [-0.2, 0) is 0 Å². The average Bonchev–Trinajstić information content (AvgIpc) is 2.33. The lowest BCUT2D eigenvalue weighted by Crippen LogP contribution is -2.28. The number of halogens is 1. The van der Waals surface area contributed by atoms with Gasteiger partial charge in [-0.1, -0.05) is 26.1 Å². The second-order valence-electron chi connectivity index (χ2n) is 5.51. The molecule has 0 aliphatic heterocycles. The zero-order valence-corrected chi connectivity index (χ0v) is 13.8. The van der Waals surface area contributed by atoms with Crippen LogP contribution in [-0.4, -0.2) is 11.1 Å². The van der Waals surface area contributed by atoms with Gasteiger partial charge in [-0.05, 0) is 65.2 Å². The molecular weight excluding hydrogens is 322 g/mol. The van der Waals surface area contributed by atoms with Crippen molar-refractivity contribution in [2.75, 3.05) is 0 Å². The number of thiocarbonyl (C=S) groups is 1. The Morgan fingerprint density at radius 3 is 2.63 bits per heavy atom. The third kappa shape index (κ3) is 3.69. The molecule has 0 heterocycles. The van der Waals surface area contributed by atoms with E-state index in [2.05, 4.69) is 29.8 Å². The number of hydrogen-bond acceptors (Lipinski definition) is 2. The molecule has 0 radical (unpaired) electrons. The van der Waals surface area contributed by atoms with Crippen LogP contribution in [0.3, 0.4) is 0 Å². The fourth-order valence-electron chi connectivity index (χ4n) is 2.57. The molecule has 0 saturated heterocycles. The van der Waals surface area contributed by atoms with Crippen LogP contribution in [0.2, 0.25) is 0 Å². The van der Waals surface area contributed by atoms with Crippen LogP contribution in [0.4, 0.5) is 0 Å². The van der Waals surface area contributed by atoms with Crippen LogP contribution in [0.15, 0.2) is 22.7 Å². The first kappa shape index (κ1) is 14.8. The molecule has 0 bridgehead atoms. The number of nitrogens with two attached hydrogens (primary N) is 1. The van der Waals surface area contributed by atoms with Crippen LogP contribution in [0, 0.1) is 11.8 Å². The van der Waals surface area contributed by atoms with Gasteiger partial charge in [-0.2, -0.15) is 0 Å². The van der Waals surface area contributed by atoms with E-state index in [9.17, 15) is 0 Å². The lowest BCUT2D eigenvalue weighted by atomic mass is 9.80. The molecule has 2 N–H and O–H groups in total. The molecule has 2 nitrogen and oxygen atoms in total. The topological polar surface area (TPSA) is 35.2 Å². The van der Waals surface area contributed by atoms with E-state index in [4.69, 9.17) is 22.7 Å². The molecule has 3 unspecified atom stereocenters. The van der Waals surface area contributed by atoms with E-state index < -0.39 is 0 Å². The highest BCUT2D eigenvalue weighted by Crippen LogP contribution is 2.32. The zero-order valence-electron chi connectivity index (χ0n) is 11.4. The van der Waals surface area contributed by atoms with Crippen LogP contribution in [0.5, 0.6) is 5.75 Å². The van der Waals surface area contributed by atoms with Gasteiger partial charge in [0.25, 0.3) is 0 Å². The Hall–Kier alpha value is -0.610. The molecular formula is C15H20BrNOS. The quantitative estimate of drug-likeness (QED) is 0.833. The van der Waals surface area contributed by atoms with Gasteiger partial charge in [0.1, 0.15) is 10.7 Å². The number of hydrogen-bond donors (Lipinski definition) is 1. The molecule has 1 aliphatic carbocycles. The number of ether oxygens (including phenoxy) is 1. The van der Waals surface area contributed by atoms with E-state index in [0.29, 0.717) is 11.1 Å². The van der Waals surface area contributed by atoms with Crippen molar-refractivity contribution in [3.63, 3.8) is 0 Å². The van der Waals surface area contributed by atoms with Crippen molar-refractivity contribution in [2.45, 2.75) is 39.2 Å². The summed E-state index contributed by atoms with van der Waals surface area (Å²) in [5.74, 6) is 2.43. The fraction of sp³-hybridized carbons (Fsp3) is 0.533. The molecule has 2 rings (SSSR count). The largest absolute Gasteiger partial charge is 0.490 e. The minimum atomic E-state index is 0.328. The van der Waals surface area contributed by atoms with Crippen LogP contribution in [0.1, 0.15) is 38.7 Å². The van der Waals surface area contributed by atoms with E-state index in [0.717, 1.165) is 40.5 Å². The van der Waals surface area contributed by atoms with Crippen molar-refractivity contribution in [3.8, 4) is 5.75 Å². The van der Waals surface area contributed by atoms with Gasteiger partial charge in [0.05, 0.1) is 6.10 Å². The van der Waals surface area contributed by atoms with Crippen molar-refractivity contribution >= 4 is 33.1 Å². The Morgan fingerprint density at radius 2 is 2.05 bits per heavy atom. The second kappa shape index (κ2) is 6.23. The van der Waals surface area contributed by atoms with Gasteiger partial charge >= 0.3 is 0 Å². The first-order valence-electron chi connectivity index (χ1n) is 6.73. The summed E-state index contributed by atoms with van der Waals surface area (Å²) in [5.41, 5.74) is 6.50. The summed E-state index contributed by atoms with van der Waals surface area (Å²) in [5, 5.41) is 0. The zero-order chi connectivity index (χ0) is 14.0. The van der Waals surface area contributed by atoms with Gasteiger partial charge in [0.2, 0.25) is 0 Å². The highest BCUT2D eigenvalue weighted by atomic mass is 79.9. The van der Waals surface area contributed by atoms with Gasteiger partial charge in [-0.15, -0.1) is 0 Å². The summed E-state index contributed by atoms with van der Waals surface area (Å²) in [6.07, 6.45) is 3.85. The van der Waals surface area contributed by atoms with Crippen molar-refractivity contribution in [3.05, 3.63) is 28.2 Å². The Morgan fingerprint density at radius 1 is 1.32 bits per heavy atom. The monoisotopic (exact) mass is 341 g/mol. The molecule has 4 heteroatoms. The molecule has 1 fully saturated rings. The molecule has 1 aromatic rings. The molecule has 0 amide bonds. The Kier molecular flexibility index (Phi) is 4.85. The molecule has 0 aromatic heterocycles. The fourth-order valence-corrected chi connectivity index (χ4v) is 3.45. The summed E-state index contributed by atoms with van der Waals surface area (Å²) in [7, 11) is 0. The summed E-state index contributed by atoms with van der Waals surface area (Å²) in [6.45, 7) is 4.64. The highest BCUT2D eigenvalue weighted by molar-refractivity contribution is 9.10. The van der Waals surface area contributed by atoms with E-state index in [1.165, 1.54) is 6.42 Å². The third-order valence-electron chi connectivity index (χ3n) is 4.06. The Bertz CT molecular complexity index is 477. The molecule has 3 atom stereocenters. The molecule has 1 aromatic carbocycles. The second-order valence-corrected chi connectivity index (χ2v) is 6.81. The summed E-state index contributed by atoms with van der Waals surface area (Å²) in [4.78, 5) is 0.401. The maximum atomic E-state index is 6.08. The SMILES string of the molecule is CC1CCC(Oc2ccc(C(N)=S)c(Br)c2)CC1C. The van der Waals surface area contributed by atoms with Gasteiger partial charge < -0.3 is 10.5 Å². The molecule has 1 aliphatic rings. The maximum Gasteiger partial charge on any atom is 0.120 e. The van der Waals surface area contributed by atoms with E-state index >= 15 is 0 Å². The smallest absolute Gasteiger partial charge is 0.120 e. The van der Waals surface area contributed by atoms with E-state index in [1.807, 2.05) is 18.2 Å². The van der Waals surface area contributed by atoms with Crippen molar-refractivity contribution in [2.24, 2.45) is 17.6 Å². The highest BCUT2D eigenvalue weighted by Gasteiger charge is 2.25. The summed E-state index contributed by atoms with van der Waals surface area (Å²) in [6, 6.07) is 5.82. The van der Waals surface area contributed by atoms with Crippen LogP contribution < -0.4 is 10.5 Å². The summed E-state index contributed by atoms with van der Waals surface area (Å²) >= 11 is 8.48. The average molecular weight is 342 g/mol. The number of benzene rings is 1. The van der Waals surface area contributed by atoms with E-state index in [-0.39, 0.29) is 0 Å². The molecule has 1 saturated carbocycles. The summed E-state index contributed by atoms with van der Waals surface area (Å²) < 4.78 is 6.97. The van der Waals surface area contributed by atoms with Gasteiger partial charge in [-0.3, -0.25) is 0 Å². The predicted molar refractivity (Wildman–Crippen MR) is 86.6 cm³/mol. The number of rotatable bonds is 3. The van der Waals surface area contributed by atoms with Crippen LogP contribution >= 0.6 is 28.1 Å². The predicted octanol–water partition coefficient (Wildman–Crippen LogP) is 4.29. The Balaban J connectivity index is 2.04. The van der Waals surface area contributed by atoms with Crippen molar-refractivity contribution < 1.29 is 4.74 Å². The standard InChI is InChI=1S/C15H20BrNOS/c1-9-3-4-11(7-10(9)2)18-12-5-6-13(15(17)19)14(16)8-12/h5-6,8-11H,3-4,7H2,1-2H3,(H2,17,19). The van der Waals surface area contributed by atoms with Gasteiger partial charge in [-0.25, -0.2) is 0 Å². The lowest BCUT2D eigenvalue weighted by Gasteiger charge is -2.32. The van der Waals surface area contributed by atoms with Crippen molar-refractivity contribution in [1.29, 1.82) is 0 Å². The first-order chi connectivity index (χ1) is 8.97. The molecule has 104 valence electrons. The van der Waals surface area contributed by atoms with Crippen molar-refractivity contribution in [1.82, 2.24) is 0 Å². The third-order valence-corrected chi connectivity index (χ3v) is 4.93. The lowest BCUT2D eigenvalue weighted by molar-refractivity contribution is 0.101. The van der Waals surface area contributed by atoms with Gasteiger partial charge in [0.15, 0.2) is 0 Å². The molecule has 0 spiro atoms. The molecule has 19 heavy (non-hydrogen) atoms. The van der Waals surface area contributed by atoms with Gasteiger partial charge in [0, 0.05) is 10.0 Å². The van der Waals surface area contributed by atoms with Crippen LogP contribution in [0.25, 0.3) is 0 Å². The van der Waals surface area contributed by atoms with E-state index in [1.54, 1.807) is 0 Å². The minimum absolute atomic E-state index is 0.328. The first-order valence-corrected chi connectivity index (χ1v) is 7.93. The Labute approximate surface area is 128 Å². The maximum absolute atomic E-state index is 6.08. The minimum Gasteiger partial charge on any atom is -0.490 e.